The van der Waals surface area contributed by atoms with Gasteiger partial charge in [-0.1, -0.05) is 0 Å². The first kappa shape index (κ1) is 9.61. The van der Waals surface area contributed by atoms with Gasteiger partial charge in [-0.2, -0.15) is 0 Å². The quantitative estimate of drug-likeness (QED) is 0.731. The monoisotopic (exact) mass is 196 g/mol. The fourth-order valence-electron chi connectivity index (χ4n) is 1.75. The first-order chi connectivity index (χ1) is 6.74. The lowest BCUT2D eigenvalue weighted by molar-refractivity contribution is 0.182. The Hall–Kier alpha value is -0.940. The van der Waals surface area contributed by atoms with Crippen LogP contribution in [0.5, 0.6) is 0 Å². The van der Waals surface area contributed by atoms with Crippen molar-refractivity contribution < 1.29 is 4.42 Å². The van der Waals surface area contributed by atoms with E-state index < -0.39 is 0 Å². The van der Waals surface area contributed by atoms with Crippen LogP contribution in [-0.2, 0) is 6.54 Å². The van der Waals surface area contributed by atoms with Crippen molar-refractivity contribution in [1.82, 2.24) is 20.4 Å². The van der Waals surface area contributed by atoms with E-state index >= 15 is 0 Å². The highest BCUT2D eigenvalue weighted by atomic mass is 16.4. The lowest BCUT2D eigenvalue weighted by Gasteiger charge is -2.30. The summed E-state index contributed by atoms with van der Waals surface area (Å²) in [4.78, 5) is 2.33. The summed E-state index contributed by atoms with van der Waals surface area (Å²) in [6.07, 6.45) is 0. The van der Waals surface area contributed by atoms with Crippen LogP contribution < -0.4 is 5.32 Å². The molecule has 5 nitrogen and oxygen atoms in total. The Balaban J connectivity index is 1.90. The zero-order chi connectivity index (χ0) is 9.97. The second kappa shape index (κ2) is 4.06. The fraction of sp³-hybridized carbons (Fsp3) is 0.778. The lowest BCUT2D eigenvalue weighted by Crippen LogP contribution is -2.48. The molecule has 0 aliphatic carbocycles. The predicted molar refractivity (Wildman–Crippen MR) is 51.8 cm³/mol. The van der Waals surface area contributed by atoms with Gasteiger partial charge in [0.15, 0.2) is 0 Å². The normalized spacial score (nSPS) is 24.0. The number of rotatable bonds is 2. The van der Waals surface area contributed by atoms with Gasteiger partial charge in [-0.05, 0) is 6.92 Å². The average molecular weight is 196 g/mol. The Morgan fingerprint density at radius 3 is 3.07 bits per heavy atom. The Kier molecular flexibility index (Phi) is 2.79. The Morgan fingerprint density at radius 2 is 2.43 bits per heavy atom. The molecule has 1 fully saturated rings. The van der Waals surface area contributed by atoms with Crippen molar-refractivity contribution in [1.29, 1.82) is 0 Å². The third-order valence-corrected chi connectivity index (χ3v) is 2.38. The number of aromatic nitrogens is 2. The summed E-state index contributed by atoms with van der Waals surface area (Å²) in [6.45, 7) is 7.90. The molecule has 1 aromatic heterocycles. The van der Waals surface area contributed by atoms with Gasteiger partial charge in [0.2, 0.25) is 11.8 Å². The van der Waals surface area contributed by atoms with Crippen LogP contribution in [0.2, 0.25) is 0 Å². The second-order valence-corrected chi connectivity index (χ2v) is 3.81. The summed E-state index contributed by atoms with van der Waals surface area (Å²) < 4.78 is 5.34. The molecule has 78 valence electrons. The number of piperazine rings is 1. The van der Waals surface area contributed by atoms with Crippen LogP contribution in [0.3, 0.4) is 0 Å². The molecule has 1 aliphatic heterocycles. The molecule has 14 heavy (non-hydrogen) atoms. The molecule has 2 heterocycles. The maximum absolute atomic E-state index is 5.34. The van der Waals surface area contributed by atoms with Crippen molar-refractivity contribution in [2.24, 2.45) is 0 Å². The number of nitrogens with zero attached hydrogens (tertiary/aromatic N) is 3. The SMILES string of the molecule is Cc1nnc(CN2CCN[C@@H](C)C2)o1. The van der Waals surface area contributed by atoms with Crippen LogP contribution in [-0.4, -0.2) is 40.8 Å². The minimum atomic E-state index is 0.549. The standard InChI is InChI=1S/C9H16N4O/c1-7-5-13(4-3-10-7)6-9-12-11-8(2)14-9/h7,10H,3-6H2,1-2H3/t7-/m0/s1. The Labute approximate surface area is 83.5 Å². The molecule has 0 saturated carbocycles. The predicted octanol–water partition coefficient (Wildman–Crippen LogP) is 0.172. The molecule has 1 aromatic rings. The molecule has 2 rings (SSSR count). The third kappa shape index (κ3) is 2.30. The molecule has 1 atom stereocenters. The molecule has 1 aliphatic rings. The van der Waals surface area contributed by atoms with Gasteiger partial charge in [-0.25, -0.2) is 0 Å². The average Bonchev–Trinajstić information content (AvgIpc) is 2.51. The van der Waals surface area contributed by atoms with Crippen molar-refractivity contribution >= 4 is 0 Å². The Morgan fingerprint density at radius 1 is 1.57 bits per heavy atom. The van der Waals surface area contributed by atoms with E-state index in [-0.39, 0.29) is 0 Å². The molecular formula is C9H16N4O. The topological polar surface area (TPSA) is 54.2 Å². The highest BCUT2D eigenvalue weighted by molar-refractivity contribution is 4.82. The van der Waals surface area contributed by atoms with Crippen LogP contribution in [0, 0.1) is 6.92 Å². The summed E-state index contributed by atoms with van der Waals surface area (Å²) in [5.74, 6) is 1.36. The van der Waals surface area contributed by atoms with Crippen LogP contribution in [0.15, 0.2) is 4.42 Å². The maximum Gasteiger partial charge on any atom is 0.230 e. The molecular weight excluding hydrogens is 180 g/mol. The molecule has 0 spiro atoms. The largest absolute Gasteiger partial charge is 0.424 e. The second-order valence-electron chi connectivity index (χ2n) is 3.81. The summed E-state index contributed by atoms with van der Waals surface area (Å²) >= 11 is 0. The first-order valence-electron chi connectivity index (χ1n) is 4.99. The highest BCUT2D eigenvalue weighted by Crippen LogP contribution is 2.05. The molecule has 1 saturated heterocycles. The minimum absolute atomic E-state index is 0.549. The smallest absolute Gasteiger partial charge is 0.230 e. The van der Waals surface area contributed by atoms with E-state index in [0.29, 0.717) is 11.9 Å². The van der Waals surface area contributed by atoms with Gasteiger partial charge in [-0.15, -0.1) is 10.2 Å². The lowest BCUT2D eigenvalue weighted by atomic mass is 10.2. The Bertz CT molecular complexity index is 299. The first-order valence-corrected chi connectivity index (χ1v) is 4.99. The van der Waals surface area contributed by atoms with E-state index in [2.05, 4.69) is 27.3 Å². The molecule has 5 heteroatoms. The van der Waals surface area contributed by atoms with Crippen molar-refractivity contribution in [2.75, 3.05) is 19.6 Å². The van der Waals surface area contributed by atoms with Crippen molar-refractivity contribution in [3.63, 3.8) is 0 Å². The summed E-state index contributed by atoms with van der Waals surface area (Å²) in [7, 11) is 0. The minimum Gasteiger partial charge on any atom is -0.424 e. The van der Waals surface area contributed by atoms with Gasteiger partial charge in [-0.3, -0.25) is 4.90 Å². The van der Waals surface area contributed by atoms with Crippen LogP contribution in [0.1, 0.15) is 18.7 Å². The van der Waals surface area contributed by atoms with Crippen molar-refractivity contribution in [3.05, 3.63) is 11.8 Å². The van der Waals surface area contributed by atoms with E-state index in [1.807, 2.05) is 6.92 Å². The zero-order valence-corrected chi connectivity index (χ0v) is 8.66. The number of hydrogen-bond donors (Lipinski definition) is 1. The van der Waals surface area contributed by atoms with E-state index in [0.717, 1.165) is 32.1 Å². The van der Waals surface area contributed by atoms with E-state index in [1.54, 1.807) is 0 Å². The molecule has 1 N–H and O–H groups in total. The van der Waals surface area contributed by atoms with Gasteiger partial charge >= 0.3 is 0 Å². The zero-order valence-electron chi connectivity index (χ0n) is 8.66. The van der Waals surface area contributed by atoms with Gasteiger partial charge < -0.3 is 9.73 Å². The van der Waals surface area contributed by atoms with Gasteiger partial charge in [0.25, 0.3) is 0 Å². The summed E-state index contributed by atoms with van der Waals surface area (Å²) in [5, 5.41) is 11.2. The number of aryl methyl sites for hydroxylation is 1. The van der Waals surface area contributed by atoms with E-state index in [9.17, 15) is 0 Å². The summed E-state index contributed by atoms with van der Waals surface area (Å²) in [6, 6.07) is 0.549. The maximum atomic E-state index is 5.34. The van der Waals surface area contributed by atoms with Crippen LogP contribution in [0.25, 0.3) is 0 Å². The fourth-order valence-corrected chi connectivity index (χ4v) is 1.75. The molecule has 0 amide bonds. The van der Waals surface area contributed by atoms with E-state index in [1.165, 1.54) is 0 Å². The molecule has 0 radical (unpaired) electrons. The van der Waals surface area contributed by atoms with Crippen LogP contribution in [0.4, 0.5) is 0 Å². The van der Waals surface area contributed by atoms with Crippen molar-refractivity contribution in [2.45, 2.75) is 26.4 Å². The molecule has 0 aromatic carbocycles. The van der Waals surface area contributed by atoms with Gasteiger partial charge in [0.1, 0.15) is 0 Å². The highest BCUT2D eigenvalue weighted by Gasteiger charge is 2.17. The summed E-state index contributed by atoms with van der Waals surface area (Å²) in [5.41, 5.74) is 0. The van der Waals surface area contributed by atoms with Crippen molar-refractivity contribution in [3.8, 4) is 0 Å². The number of nitrogens with one attached hydrogen (secondary N) is 1. The van der Waals surface area contributed by atoms with E-state index in [4.69, 9.17) is 4.42 Å². The van der Waals surface area contributed by atoms with Crippen LogP contribution >= 0.6 is 0 Å². The van der Waals surface area contributed by atoms with Gasteiger partial charge in [0, 0.05) is 32.6 Å². The number of hydrogen-bond acceptors (Lipinski definition) is 5. The van der Waals surface area contributed by atoms with Gasteiger partial charge in [0.05, 0.1) is 6.54 Å². The third-order valence-electron chi connectivity index (χ3n) is 2.38. The molecule has 0 bridgehead atoms. The molecule has 0 unspecified atom stereocenters.